The largest absolute Gasteiger partial charge is 0.495 e. The van der Waals surface area contributed by atoms with Gasteiger partial charge in [-0.2, -0.15) is 0 Å². The fourth-order valence-corrected chi connectivity index (χ4v) is 2.27. The molecule has 3 N–H and O–H groups in total. The normalized spacial score (nSPS) is 9.96. The van der Waals surface area contributed by atoms with Gasteiger partial charge < -0.3 is 20.7 Å². The van der Waals surface area contributed by atoms with Crippen LogP contribution in [0.1, 0.15) is 10.4 Å². The zero-order chi connectivity index (χ0) is 17.5. The Labute approximate surface area is 145 Å². The number of carbonyl (C=O) groups excluding carboxylic acids is 2. The number of methoxy groups -OCH3 is 1. The number of halogens is 1. The molecular formula is C17H18ClN3O3. The Morgan fingerprint density at radius 2 is 1.75 bits per heavy atom. The number of benzene rings is 2. The van der Waals surface area contributed by atoms with Crippen LogP contribution in [0.15, 0.2) is 42.5 Å². The Balaban J connectivity index is 1.89. The third-order valence-electron chi connectivity index (χ3n) is 3.26. The summed E-state index contributed by atoms with van der Waals surface area (Å²) in [6.45, 7) is 0.0863. The number of hydrogen-bond donors (Lipinski definition) is 3. The zero-order valence-electron chi connectivity index (χ0n) is 13.4. The zero-order valence-corrected chi connectivity index (χ0v) is 14.1. The summed E-state index contributed by atoms with van der Waals surface area (Å²) < 4.78 is 5.06. The molecule has 0 saturated heterocycles. The summed E-state index contributed by atoms with van der Waals surface area (Å²) in [5.41, 5.74) is 1.88. The van der Waals surface area contributed by atoms with Crippen molar-refractivity contribution in [1.82, 2.24) is 5.32 Å². The molecule has 0 aliphatic carbocycles. The van der Waals surface area contributed by atoms with E-state index in [4.69, 9.17) is 16.3 Å². The molecule has 0 aliphatic rings. The third kappa shape index (κ3) is 4.63. The molecule has 2 aromatic carbocycles. The molecule has 126 valence electrons. The maximum absolute atomic E-state index is 12.0. The first kappa shape index (κ1) is 17.6. The van der Waals surface area contributed by atoms with E-state index in [-0.39, 0.29) is 18.4 Å². The van der Waals surface area contributed by atoms with Crippen LogP contribution < -0.4 is 20.7 Å². The Morgan fingerprint density at radius 3 is 2.33 bits per heavy atom. The van der Waals surface area contributed by atoms with Crippen molar-refractivity contribution in [3.8, 4) is 5.75 Å². The molecule has 0 spiro atoms. The van der Waals surface area contributed by atoms with Gasteiger partial charge in [0.05, 0.1) is 18.7 Å². The average molecular weight is 348 g/mol. The number of hydrogen-bond acceptors (Lipinski definition) is 4. The van der Waals surface area contributed by atoms with Gasteiger partial charge in [-0.15, -0.1) is 0 Å². The number of amides is 2. The van der Waals surface area contributed by atoms with Crippen LogP contribution in [0.5, 0.6) is 5.75 Å². The molecule has 24 heavy (non-hydrogen) atoms. The summed E-state index contributed by atoms with van der Waals surface area (Å²) >= 11 is 6.01. The van der Waals surface area contributed by atoms with Crippen LogP contribution in [-0.4, -0.2) is 32.5 Å². The second kappa shape index (κ2) is 8.21. The Morgan fingerprint density at radius 1 is 1.08 bits per heavy atom. The standard InChI is InChI=1S/C17H18ClN3O3/c1-19-17(23)11-3-5-12(6-4-11)20-10-16(22)21-13-7-8-15(24-2)14(18)9-13/h3-9,20H,10H2,1-2H3,(H,19,23)(H,21,22). The Hall–Kier alpha value is -2.73. The van der Waals surface area contributed by atoms with E-state index in [1.165, 1.54) is 7.11 Å². The van der Waals surface area contributed by atoms with Crippen LogP contribution >= 0.6 is 11.6 Å². The van der Waals surface area contributed by atoms with E-state index in [0.29, 0.717) is 22.0 Å². The van der Waals surface area contributed by atoms with Crippen molar-refractivity contribution >= 4 is 34.8 Å². The monoisotopic (exact) mass is 347 g/mol. The highest BCUT2D eigenvalue weighted by Crippen LogP contribution is 2.27. The van der Waals surface area contributed by atoms with Crippen LogP contribution in [0.3, 0.4) is 0 Å². The summed E-state index contributed by atoms with van der Waals surface area (Å²) in [4.78, 5) is 23.4. The molecule has 0 bridgehead atoms. The van der Waals surface area contributed by atoms with Gasteiger partial charge in [-0.1, -0.05) is 11.6 Å². The van der Waals surface area contributed by atoms with Gasteiger partial charge in [0.1, 0.15) is 5.75 Å². The first-order valence-corrected chi connectivity index (χ1v) is 7.60. The molecule has 0 fully saturated rings. The predicted octanol–water partition coefficient (Wildman–Crippen LogP) is 2.76. The lowest BCUT2D eigenvalue weighted by Crippen LogP contribution is -2.22. The number of nitrogens with one attached hydrogen (secondary N) is 3. The molecule has 6 nitrogen and oxygen atoms in total. The molecule has 0 aliphatic heterocycles. The van der Waals surface area contributed by atoms with E-state index in [1.54, 1.807) is 49.5 Å². The quantitative estimate of drug-likeness (QED) is 0.750. The SMILES string of the molecule is CNC(=O)c1ccc(NCC(=O)Nc2ccc(OC)c(Cl)c2)cc1. The fourth-order valence-electron chi connectivity index (χ4n) is 2.02. The summed E-state index contributed by atoms with van der Waals surface area (Å²) in [5.74, 6) is 0.172. The lowest BCUT2D eigenvalue weighted by atomic mass is 10.2. The molecule has 0 unspecified atom stereocenters. The van der Waals surface area contributed by atoms with Crippen molar-refractivity contribution in [2.24, 2.45) is 0 Å². The van der Waals surface area contributed by atoms with E-state index in [2.05, 4.69) is 16.0 Å². The van der Waals surface area contributed by atoms with E-state index in [0.717, 1.165) is 5.69 Å². The van der Waals surface area contributed by atoms with E-state index < -0.39 is 0 Å². The van der Waals surface area contributed by atoms with Gasteiger partial charge in [0.2, 0.25) is 5.91 Å². The van der Waals surface area contributed by atoms with Crippen LogP contribution in [0, 0.1) is 0 Å². The summed E-state index contributed by atoms with van der Waals surface area (Å²) in [6, 6.07) is 11.9. The van der Waals surface area contributed by atoms with Crippen LogP contribution in [0.2, 0.25) is 5.02 Å². The topological polar surface area (TPSA) is 79.5 Å². The molecule has 2 rings (SSSR count). The number of ether oxygens (including phenoxy) is 1. The van der Waals surface area contributed by atoms with Gasteiger partial charge in [0.25, 0.3) is 5.91 Å². The number of rotatable bonds is 6. The third-order valence-corrected chi connectivity index (χ3v) is 3.56. The Bertz CT molecular complexity index is 732. The summed E-state index contributed by atoms with van der Waals surface area (Å²) in [5, 5.41) is 8.69. The second-order valence-electron chi connectivity index (χ2n) is 4.91. The molecular weight excluding hydrogens is 330 g/mol. The van der Waals surface area contributed by atoms with E-state index in [1.807, 2.05) is 0 Å². The van der Waals surface area contributed by atoms with Crippen LogP contribution in [-0.2, 0) is 4.79 Å². The van der Waals surface area contributed by atoms with Gasteiger partial charge >= 0.3 is 0 Å². The number of anilines is 2. The van der Waals surface area contributed by atoms with E-state index >= 15 is 0 Å². The second-order valence-corrected chi connectivity index (χ2v) is 5.31. The minimum absolute atomic E-state index is 0.0863. The molecule has 0 atom stereocenters. The highest BCUT2D eigenvalue weighted by Gasteiger charge is 2.06. The van der Waals surface area contributed by atoms with Crippen molar-refractivity contribution in [1.29, 1.82) is 0 Å². The molecule has 0 radical (unpaired) electrons. The molecule has 2 aromatic rings. The molecule has 2 amide bonds. The van der Waals surface area contributed by atoms with Crippen LogP contribution in [0.4, 0.5) is 11.4 Å². The highest BCUT2D eigenvalue weighted by molar-refractivity contribution is 6.32. The van der Waals surface area contributed by atoms with Crippen molar-refractivity contribution in [2.75, 3.05) is 31.3 Å². The van der Waals surface area contributed by atoms with Gasteiger partial charge in [-0.3, -0.25) is 9.59 Å². The summed E-state index contributed by atoms with van der Waals surface area (Å²) in [7, 11) is 3.10. The van der Waals surface area contributed by atoms with Crippen LogP contribution in [0.25, 0.3) is 0 Å². The minimum atomic E-state index is -0.216. The van der Waals surface area contributed by atoms with Gasteiger partial charge in [0.15, 0.2) is 0 Å². The van der Waals surface area contributed by atoms with Gasteiger partial charge in [-0.05, 0) is 42.5 Å². The van der Waals surface area contributed by atoms with Crippen molar-refractivity contribution in [3.63, 3.8) is 0 Å². The fraction of sp³-hybridized carbons (Fsp3) is 0.176. The maximum Gasteiger partial charge on any atom is 0.251 e. The first-order chi connectivity index (χ1) is 11.5. The Kier molecular flexibility index (Phi) is 6.03. The van der Waals surface area contributed by atoms with Crippen molar-refractivity contribution in [2.45, 2.75) is 0 Å². The minimum Gasteiger partial charge on any atom is -0.495 e. The van der Waals surface area contributed by atoms with Gasteiger partial charge in [-0.25, -0.2) is 0 Å². The highest BCUT2D eigenvalue weighted by atomic mass is 35.5. The number of carbonyl (C=O) groups is 2. The molecule has 0 saturated carbocycles. The van der Waals surface area contributed by atoms with E-state index in [9.17, 15) is 9.59 Å². The predicted molar refractivity (Wildman–Crippen MR) is 95.0 cm³/mol. The van der Waals surface area contributed by atoms with Crippen molar-refractivity contribution in [3.05, 3.63) is 53.1 Å². The first-order valence-electron chi connectivity index (χ1n) is 7.23. The smallest absolute Gasteiger partial charge is 0.251 e. The molecule has 7 heteroatoms. The average Bonchev–Trinajstić information content (AvgIpc) is 2.60. The lowest BCUT2D eigenvalue weighted by Gasteiger charge is -2.10. The molecule has 0 heterocycles. The maximum atomic E-state index is 12.0. The van der Waals surface area contributed by atoms with Gasteiger partial charge in [0, 0.05) is 24.0 Å². The summed E-state index contributed by atoms with van der Waals surface area (Å²) in [6.07, 6.45) is 0. The van der Waals surface area contributed by atoms with Crippen molar-refractivity contribution < 1.29 is 14.3 Å². The lowest BCUT2D eigenvalue weighted by molar-refractivity contribution is -0.114. The molecule has 0 aromatic heterocycles.